The van der Waals surface area contributed by atoms with Crippen LogP contribution < -0.4 is 0 Å². The van der Waals surface area contributed by atoms with E-state index in [1.54, 1.807) is 0 Å². The van der Waals surface area contributed by atoms with Crippen LogP contribution in [0.5, 0.6) is 0 Å². The first-order chi connectivity index (χ1) is 10.2. The van der Waals surface area contributed by atoms with Gasteiger partial charge in [0.15, 0.2) is 0 Å². The molecule has 0 aliphatic rings. The number of alkyl halides is 1. The van der Waals surface area contributed by atoms with Crippen LogP contribution in [-0.4, -0.2) is 0 Å². The molecule has 0 saturated heterocycles. The van der Waals surface area contributed by atoms with Crippen molar-refractivity contribution in [2.24, 2.45) is 0 Å². The van der Waals surface area contributed by atoms with Crippen LogP contribution in [-0.2, 0) is 0 Å². The highest BCUT2D eigenvalue weighted by atomic mass is 127. The standard InChI is InChI=1S/C19H14ClI/c20-19(17-7-4-8-18(21)13-17)16-11-9-15(10-12-16)14-5-2-1-3-6-14/h1-13,19H. The summed E-state index contributed by atoms with van der Waals surface area (Å²) < 4.78 is 1.21. The van der Waals surface area contributed by atoms with E-state index >= 15 is 0 Å². The molecular weight excluding hydrogens is 391 g/mol. The van der Waals surface area contributed by atoms with E-state index in [0.29, 0.717) is 0 Å². The minimum absolute atomic E-state index is 0.107. The van der Waals surface area contributed by atoms with Crippen molar-refractivity contribution in [2.45, 2.75) is 5.38 Å². The van der Waals surface area contributed by atoms with Gasteiger partial charge in [0.1, 0.15) is 0 Å². The summed E-state index contributed by atoms with van der Waals surface area (Å²) in [5.74, 6) is 0. The molecule has 1 atom stereocenters. The minimum Gasteiger partial charge on any atom is -0.113 e. The molecule has 2 heteroatoms. The predicted octanol–water partition coefficient (Wildman–Crippen LogP) is 6.29. The fourth-order valence-corrected chi connectivity index (χ4v) is 3.18. The minimum atomic E-state index is -0.107. The summed E-state index contributed by atoms with van der Waals surface area (Å²) in [6.45, 7) is 0. The fourth-order valence-electron chi connectivity index (χ4n) is 2.33. The van der Waals surface area contributed by atoms with E-state index in [0.717, 1.165) is 11.1 Å². The lowest BCUT2D eigenvalue weighted by atomic mass is 10.00. The zero-order valence-corrected chi connectivity index (χ0v) is 14.3. The zero-order chi connectivity index (χ0) is 14.7. The lowest BCUT2D eigenvalue weighted by Crippen LogP contribution is -1.93. The molecule has 3 aromatic carbocycles. The monoisotopic (exact) mass is 404 g/mol. The maximum absolute atomic E-state index is 6.60. The molecule has 104 valence electrons. The Morgan fingerprint density at radius 2 is 1.33 bits per heavy atom. The molecule has 0 radical (unpaired) electrons. The van der Waals surface area contributed by atoms with Gasteiger partial charge in [-0.3, -0.25) is 0 Å². The molecule has 0 fully saturated rings. The molecule has 0 saturated carbocycles. The molecule has 3 aromatic rings. The quantitative estimate of drug-likeness (QED) is 0.356. The zero-order valence-electron chi connectivity index (χ0n) is 11.3. The summed E-state index contributed by atoms with van der Waals surface area (Å²) in [6.07, 6.45) is 0. The molecule has 0 heterocycles. The average molecular weight is 405 g/mol. The van der Waals surface area contributed by atoms with Crippen LogP contribution in [0.15, 0.2) is 78.9 Å². The summed E-state index contributed by atoms with van der Waals surface area (Å²) >= 11 is 8.91. The predicted molar refractivity (Wildman–Crippen MR) is 98.7 cm³/mol. The Bertz CT molecular complexity index is 720. The van der Waals surface area contributed by atoms with Gasteiger partial charge in [0, 0.05) is 3.57 Å². The van der Waals surface area contributed by atoms with Gasteiger partial charge in [0.2, 0.25) is 0 Å². The molecule has 0 aliphatic heterocycles. The van der Waals surface area contributed by atoms with Crippen molar-refractivity contribution in [2.75, 3.05) is 0 Å². The van der Waals surface area contributed by atoms with Gasteiger partial charge >= 0.3 is 0 Å². The molecule has 1 unspecified atom stereocenters. The molecular formula is C19H14ClI. The number of benzene rings is 3. The molecule has 0 N–H and O–H groups in total. The highest BCUT2D eigenvalue weighted by molar-refractivity contribution is 14.1. The van der Waals surface area contributed by atoms with E-state index in [1.165, 1.54) is 14.7 Å². The fraction of sp³-hybridized carbons (Fsp3) is 0.0526. The molecule has 0 aromatic heterocycles. The van der Waals surface area contributed by atoms with Crippen molar-refractivity contribution in [1.82, 2.24) is 0 Å². The van der Waals surface area contributed by atoms with E-state index < -0.39 is 0 Å². The first-order valence-electron chi connectivity index (χ1n) is 6.79. The molecule has 3 rings (SSSR count). The van der Waals surface area contributed by atoms with Crippen LogP contribution in [0.2, 0.25) is 0 Å². The van der Waals surface area contributed by atoms with Crippen molar-refractivity contribution in [1.29, 1.82) is 0 Å². The first kappa shape index (κ1) is 14.6. The number of rotatable bonds is 3. The summed E-state index contributed by atoms with van der Waals surface area (Å²) in [5.41, 5.74) is 4.70. The molecule has 0 spiro atoms. The van der Waals surface area contributed by atoms with Gasteiger partial charge in [-0.15, -0.1) is 11.6 Å². The second-order valence-electron chi connectivity index (χ2n) is 4.91. The third-order valence-corrected chi connectivity index (χ3v) is 4.63. The number of hydrogen-bond acceptors (Lipinski definition) is 0. The van der Waals surface area contributed by atoms with Gasteiger partial charge in [-0.1, -0.05) is 66.7 Å². The van der Waals surface area contributed by atoms with Gasteiger partial charge in [0.25, 0.3) is 0 Å². The molecule has 0 bridgehead atoms. The molecule has 0 amide bonds. The van der Waals surface area contributed by atoms with E-state index in [1.807, 2.05) is 12.1 Å². The smallest absolute Gasteiger partial charge is 0.0835 e. The summed E-state index contributed by atoms with van der Waals surface area (Å²) in [7, 11) is 0. The normalized spacial score (nSPS) is 12.1. The van der Waals surface area contributed by atoms with E-state index in [2.05, 4.69) is 89.3 Å². The van der Waals surface area contributed by atoms with Crippen LogP contribution in [0.4, 0.5) is 0 Å². The maximum atomic E-state index is 6.60. The van der Waals surface area contributed by atoms with Crippen LogP contribution in [0.25, 0.3) is 11.1 Å². The maximum Gasteiger partial charge on any atom is 0.0835 e. The highest BCUT2D eigenvalue weighted by Crippen LogP contribution is 2.31. The average Bonchev–Trinajstić information content (AvgIpc) is 2.55. The Morgan fingerprint density at radius 3 is 2.00 bits per heavy atom. The SMILES string of the molecule is ClC(c1ccc(-c2ccccc2)cc1)c1cccc(I)c1. The lowest BCUT2D eigenvalue weighted by Gasteiger charge is -2.11. The van der Waals surface area contributed by atoms with Crippen LogP contribution in [0.1, 0.15) is 16.5 Å². The Kier molecular flexibility index (Phi) is 4.61. The highest BCUT2D eigenvalue weighted by Gasteiger charge is 2.11. The van der Waals surface area contributed by atoms with Crippen molar-refractivity contribution < 1.29 is 0 Å². The van der Waals surface area contributed by atoms with Gasteiger partial charge in [-0.2, -0.15) is 0 Å². The van der Waals surface area contributed by atoms with E-state index in [4.69, 9.17) is 11.6 Å². The number of hydrogen-bond donors (Lipinski definition) is 0. The van der Waals surface area contributed by atoms with Crippen LogP contribution in [0, 0.1) is 3.57 Å². The Balaban J connectivity index is 1.87. The molecule has 21 heavy (non-hydrogen) atoms. The Labute approximate surface area is 143 Å². The van der Waals surface area contributed by atoms with Crippen LogP contribution in [0.3, 0.4) is 0 Å². The largest absolute Gasteiger partial charge is 0.113 e. The second kappa shape index (κ2) is 6.63. The third kappa shape index (κ3) is 3.47. The summed E-state index contributed by atoms with van der Waals surface area (Å²) in [4.78, 5) is 0. The van der Waals surface area contributed by atoms with Crippen molar-refractivity contribution in [3.05, 3.63) is 93.6 Å². The second-order valence-corrected chi connectivity index (χ2v) is 6.59. The van der Waals surface area contributed by atoms with E-state index in [-0.39, 0.29) is 5.38 Å². The lowest BCUT2D eigenvalue weighted by molar-refractivity contribution is 1.14. The summed E-state index contributed by atoms with van der Waals surface area (Å²) in [6, 6.07) is 27.2. The van der Waals surface area contributed by atoms with Gasteiger partial charge < -0.3 is 0 Å². The van der Waals surface area contributed by atoms with Gasteiger partial charge in [0.05, 0.1) is 5.38 Å². The van der Waals surface area contributed by atoms with Crippen molar-refractivity contribution in [3.8, 4) is 11.1 Å². The topological polar surface area (TPSA) is 0 Å². The Morgan fingerprint density at radius 1 is 0.667 bits per heavy atom. The van der Waals surface area contributed by atoms with Gasteiger partial charge in [-0.05, 0) is 57.0 Å². The van der Waals surface area contributed by atoms with Crippen molar-refractivity contribution >= 4 is 34.2 Å². The summed E-state index contributed by atoms with van der Waals surface area (Å²) in [5, 5.41) is -0.107. The molecule has 0 aliphatic carbocycles. The Hall–Kier alpha value is -1.32. The van der Waals surface area contributed by atoms with Gasteiger partial charge in [-0.25, -0.2) is 0 Å². The molecule has 0 nitrogen and oxygen atoms in total. The van der Waals surface area contributed by atoms with Crippen molar-refractivity contribution in [3.63, 3.8) is 0 Å². The van der Waals surface area contributed by atoms with E-state index in [9.17, 15) is 0 Å². The van der Waals surface area contributed by atoms with Crippen LogP contribution >= 0.6 is 34.2 Å². The first-order valence-corrected chi connectivity index (χ1v) is 8.30. The third-order valence-electron chi connectivity index (χ3n) is 3.45. The number of halogens is 2.